The van der Waals surface area contributed by atoms with Crippen LogP contribution in [0.5, 0.6) is 0 Å². The number of benzene rings is 2. The molecular formula is C16H12ClN3O. The number of rotatable bonds is 2. The number of aromatic nitrogens is 1. The molecule has 21 heavy (non-hydrogen) atoms. The summed E-state index contributed by atoms with van der Waals surface area (Å²) in [6.45, 7) is 0. The zero-order chi connectivity index (χ0) is 14.8. The van der Waals surface area contributed by atoms with Gasteiger partial charge in [-0.3, -0.25) is 4.79 Å². The van der Waals surface area contributed by atoms with Crippen LogP contribution in [0, 0.1) is 0 Å². The van der Waals surface area contributed by atoms with E-state index in [0.29, 0.717) is 22.1 Å². The highest BCUT2D eigenvalue weighted by atomic mass is 35.5. The Bertz CT molecular complexity index is 833. The third-order valence-corrected chi connectivity index (χ3v) is 3.43. The van der Waals surface area contributed by atoms with Gasteiger partial charge >= 0.3 is 0 Å². The Balaban J connectivity index is 1.87. The van der Waals surface area contributed by atoms with Gasteiger partial charge in [-0.1, -0.05) is 35.9 Å². The van der Waals surface area contributed by atoms with Crippen molar-refractivity contribution in [3.8, 4) is 0 Å². The van der Waals surface area contributed by atoms with Crippen molar-refractivity contribution < 1.29 is 4.79 Å². The number of amides is 1. The largest absolute Gasteiger partial charge is 0.397 e. The molecule has 0 unspecified atom stereocenters. The fourth-order valence-electron chi connectivity index (χ4n) is 2.01. The number of nitrogens with zero attached hydrogens (tertiary/aromatic N) is 1. The van der Waals surface area contributed by atoms with Gasteiger partial charge in [0.2, 0.25) is 0 Å². The Morgan fingerprint density at radius 3 is 2.71 bits per heavy atom. The third kappa shape index (κ3) is 2.80. The van der Waals surface area contributed by atoms with E-state index in [9.17, 15) is 4.79 Å². The number of pyridine rings is 1. The second kappa shape index (κ2) is 5.42. The molecule has 2 aromatic carbocycles. The van der Waals surface area contributed by atoms with Gasteiger partial charge in [0, 0.05) is 11.1 Å². The summed E-state index contributed by atoms with van der Waals surface area (Å²) in [5, 5.41) is 4.20. The van der Waals surface area contributed by atoms with E-state index in [1.165, 1.54) is 0 Å². The van der Waals surface area contributed by atoms with E-state index in [1.807, 2.05) is 30.3 Å². The number of fused-ring (bicyclic) bond motifs is 1. The summed E-state index contributed by atoms with van der Waals surface area (Å²) >= 11 is 5.85. The summed E-state index contributed by atoms with van der Waals surface area (Å²) in [7, 11) is 0. The number of para-hydroxylation sites is 1. The molecule has 3 N–H and O–H groups in total. The molecule has 104 valence electrons. The molecule has 0 aliphatic heterocycles. The van der Waals surface area contributed by atoms with Crippen molar-refractivity contribution in [1.29, 1.82) is 0 Å². The van der Waals surface area contributed by atoms with Crippen LogP contribution in [0.15, 0.2) is 54.6 Å². The maximum absolute atomic E-state index is 12.2. The second-order valence-corrected chi connectivity index (χ2v) is 4.99. The van der Waals surface area contributed by atoms with Crippen molar-refractivity contribution in [2.75, 3.05) is 11.1 Å². The van der Waals surface area contributed by atoms with Crippen molar-refractivity contribution >= 4 is 39.8 Å². The van der Waals surface area contributed by atoms with Crippen LogP contribution in [-0.2, 0) is 0 Å². The molecule has 4 nitrogen and oxygen atoms in total. The highest BCUT2D eigenvalue weighted by molar-refractivity contribution is 6.33. The second-order valence-electron chi connectivity index (χ2n) is 4.58. The first-order valence-electron chi connectivity index (χ1n) is 6.36. The lowest BCUT2D eigenvalue weighted by Crippen LogP contribution is -2.13. The highest BCUT2D eigenvalue weighted by Gasteiger charge is 2.09. The minimum absolute atomic E-state index is 0.289. The molecule has 1 amide bonds. The van der Waals surface area contributed by atoms with Crippen LogP contribution in [0.25, 0.3) is 10.9 Å². The summed E-state index contributed by atoms with van der Waals surface area (Å²) in [6.07, 6.45) is 0. The van der Waals surface area contributed by atoms with Gasteiger partial charge < -0.3 is 11.1 Å². The predicted molar refractivity (Wildman–Crippen MR) is 85.6 cm³/mol. The molecule has 0 bridgehead atoms. The molecule has 0 saturated heterocycles. The van der Waals surface area contributed by atoms with E-state index in [4.69, 9.17) is 17.3 Å². The summed E-state index contributed by atoms with van der Waals surface area (Å²) in [5.41, 5.74) is 7.84. The molecule has 0 atom stereocenters. The topological polar surface area (TPSA) is 68.0 Å². The molecule has 0 aliphatic rings. The Labute approximate surface area is 126 Å². The molecule has 3 aromatic rings. The minimum atomic E-state index is -0.289. The van der Waals surface area contributed by atoms with Gasteiger partial charge in [-0.05, 0) is 30.3 Å². The van der Waals surface area contributed by atoms with Crippen molar-refractivity contribution in [1.82, 2.24) is 4.98 Å². The van der Waals surface area contributed by atoms with Crippen LogP contribution in [0.1, 0.15) is 10.5 Å². The van der Waals surface area contributed by atoms with Gasteiger partial charge in [-0.15, -0.1) is 0 Å². The molecule has 0 aliphatic carbocycles. The van der Waals surface area contributed by atoms with Crippen LogP contribution < -0.4 is 11.1 Å². The molecule has 0 fully saturated rings. The maximum Gasteiger partial charge on any atom is 0.274 e. The van der Waals surface area contributed by atoms with E-state index in [2.05, 4.69) is 10.3 Å². The van der Waals surface area contributed by atoms with Crippen molar-refractivity contribution in [2.45, 2.75) is 0 Å². The number of nitrogen functional groups attached to an aromatic ring is 1. The van der Waals surface area contributed by atoms with Gasteiger partial charge in [0.1, 0.15) is 5.69 Å². The maximum atomic E-state index is 12.2. The van der Waals surface area contributed by atoms with E-state index >= 15 is 0 Å². The van der Waals surface area contributed by atoms with Crippen LogP contribution in [0.3, 0.4) is 0 Å². The van der Waals surface area contributed by atoms with Crippen molar-refractivity contribution in [3.63, 3.8) is 0 Å². The molecular weight excluding hydrogens is 286 g/mol. The monoisotopic (exact) mass is 297 g/mol. The molecule has 1 aromatic heterocycles. The number of nitrogens with one attached hydrogen (secondary N) is 1. The quantitative estimate of drug-likeness (QED) is 0.708. The fraction of sp³-hybridized carbons (Fsp3) is 0. The summed E-state index contributed by atoms with van der Waals surface area (Å²) in [5.74, 6) is -0.289. The highest BCUT2D eigenvalue weighted by Crippen LogP contribution is 2.22. The van der Waals surface area contributed by atoms with Gasteiger partial charge in [-0.2, -0.15) is 0 Å². The first kappa shape index (κ1) is 13.4. The Morgan fingerprint density at radius 1 is 1.10 bits per heavy atom. The third-order valence-electron chi connectivity index (χ3n) is 3.08. The summed E-state index contributed by atoms with van der Waals surface area (Å²) < 4.78 is 0. The van der Waals surface area contributed by atoms with Gasteiger partial charge in [0.25, 0.3) is 5.91 Å². The normalized spacial score (nSPS) is 10.5. The van der Waals surface area contributed by atoms with E-state index in [-0.39, 0.29) is 5.91 Å². The molecule has 5 heteroatoms. The number of nitrogens with two attached hydrogens (primary N) is 1. The van der Waals surface area contributed by atoms with Crippen molar-refractivity contribution in [3.05, 3.63) is 65.3 Å². The smallest absolute Gasteiger partial charge is 0.274 e. The molecule has 3 rings (SSSR count). The van der Waals surface area contributed by atoms with E-state index < -0.39 is 0 Å². The Hall–Kier alpha value is -2.59. The first-order valence-corrected chi connectivity index (χ1v) is 6.73. The number of hydrogen-bond acceptors (Lipinski definition) is 3. The standard InChI is InChI=1S/C16H12ClN3O/c17-12-7-6-11(9-13(12)18)19-16(21)15-8-5-10-3-1-2-4-14(10)20-15/h1-9H,18H2,(H,19,21). The average Bonchev–Trinajstić information content (AvgIpc) is 2.50. The van der Waals surface area contributed by atoms with Crippen LogP contribution in [-0.4, -0.2) is 10.9 Å². The Morgan fingerprint density at radius 2 is 1.90 bits per heavy atom. The van der Waals surface area contributed by atoms with Crippen molar-refractivity contribution in [2.24, 2.45) is 0 Å². The van der Waals surface area contributed by atoms with Gasteiger partial charge in [0.05, 0.1) is 16.2 Å². The van der Waals surface area contributed by atoms with Crippen LogP contribution >= 0.6 is 11.6 Å². The minimum Gasteiger partial charge on any atom is -0.397 e. The molecule has 0 saturated carbocycles. The summed E-state index contributed by atoms with van der Waals surface area (Å²) in [6, 6.07) is 16.1. The van der Waals surface area contributed by atoms with Gasteiger partial charge in [0.15, 0.2) is 0 Å². The molecule has 0 radical (unpaired) electrons. The lowest BCUT2D eigenvalue weighted by molar-refractivity contribution is 0.102. The first-order chi connectivity index (χ1) is 10.1. The van der Waals surface area contributed by atoms with Crippen LogP contribution in [0.4, 0.5) is 11.4 Å². The van der Waals surface area contributed by atoms with E-state index in [0.717, 1.165) is 10.9 Å². The number of carbonyl (C=O) groups is 1. The Kier molecular flexibility index (Phi) is 3.46. The van der Waals surface area contributed by atoms with Gasteiger partial charge in [-0.25, -0.2) is 4.98 Å². The SMILES string of the molecule is Nc1cc(NC(=O)c2ccc3ccccc3n2)ccc1Cl. The predicted octanol–water partition coefficient (Wildman–Crippen LogP) is 3.72. The number of carbonyl (C=O) groups excluding carboxylic acids is 1. The zero-order valence-corrected chi connectivity index (χ0v) is 11.8. The van der Waals surface area contributed by atoms with Crippen LogP contribution in [0.2, 0.25) is 5.02 Å². The number of hydrogen-bond donors (Lipinski definition) is 2. The zero-order valence-electron chi connectivity index (χ0n) is 11.0. The number of halogens is 1. The lowest BCUT2D eigenvalue weighted by atomic mass is 10.2. The fourth-order valence-corrected chi connectivity index (χ4v) is 2.13. The summed E-state index contributed by atoms with van der Waals surface area (Å²) in [4.78, 5) is 16.5. The van der Waals surface area contributed by atoms with E-state index in [1.54, 1.807) is 24.3 Å². The lowest BCUT2D eigenvalue weighted by Gasteiger charge is -2.07. The number of anilines is 2. The molecule has 1 heterocycles. The average molecular weight is 298 g/mol. The molecule has 0 spiro atoms.